The molecule has 2 aliphatic heterocycles. The fourth-order valence-electron chi connectivity index (χ4n) is 3.49. The highest BCUT2D eigenvalue weighted by molar-refractivity contribution is 7.13. The minimum absolute atomic E-state index is 0.0113. The fraction of sp³-hybridized carbons (Fsp3) is 0.667. The van der Waals surface area contributed by atoms with Crippen LogP contribution in [0, 0.1) is 0 Å². The van der Waals surface area contributed by atoms with Gasteiger partial charge in [0, 0.05) is 30.4 Å². The number of thiazole rings is 1. The van der Waals surface area contributed by atoms with Crippen LogP contribution in [0.3, 0.4) is 0 Å². The maximum absolute atomic E-state index is 12.5. The van der Waals surface area contributed by atoms with Crippen molar-refractivity contribution in [3.8, 4) is 0 Å². The molecule has 10 nitrogen and oxygen atoms in total. The lowest BCUT2D eigenvalue weighted by molar-refractivity contribution is -0.233. The van der Waals surface area contributed by atoms with Gasteiger partial charge in [0.1, 0.15) is 12.1 Å². The van der Waals surface area contributed by atoms with E-state index in [1.54, 1.807) is 10.4 Å². The van der Waals surface area contributed by atoms with Gasteiger partial charge < -0.3 is 30.7 Å². The minimum Gasteiger partial charge on any atom is -0.481 e. The number of nitrogens with zero attached hydrogens (tertiary/aromatic N) is 2. The van der Waals surface area contributed by atoms with Gasteiger partial charge in [0.15, 0.2) is 10.9 Å². The molecule has 0 spiro atoms. The number of nitrogens with two attached hydrogens (primary N) is 1. The number of Topliss-reactive ketones (excluding diaryl/α,β-unsaturated/α-hetero) is 1. The lowest BCUT2D eigenvalue weighted by atomic mass is 9.72. The number of ketones is 1. The van der Waals surface area contributed by atoms with Crippen molar-refractivity contribution >= 4 is 35.3 Å². The number of aromatic nitrogens is 1. The molecular weight excluding hydrogens is 375 g/mol. The highest BCUT2D eigenvalue weighted by atomic mass is 32.1. The van der Waals surface area contributed by atoms with Crippen molar-refractivity contribution in [3.05, 3.63) is 11.1 Å². The van der Waals surface area contributed by atoms with Crippen LogP contribution in [0.25, 0.3) is 0 Å². The van der Waals surface area contributed by atoms with E-state index in [0.29, 0.717) is 36.6 Å². The number of hydroxylamine groups is 2. The largest absolute Gasteiger partial charge is 0.481 e. The summed E-state index contributed by atoms with van der Waals surface area (Å²) in [7, 11) is 0.450. The molecule has 3 heterocycles. The lowest BCUT2D eigenvalue weighted by Crippen LogP contribution is -2.64. The molecule has 5 N–H and O–H groups in total. The van der Waals surface area contributed by atoms with E-state index in [1.165, 1.54) is 18.4 Å². The zero-order valence-corrected chi connectivity index (χ0v) is 15.7. The molecule has 148 valence electrons. The third-order valence-corrected chi connectivity index (χ3v) is 5.61. The fourth-order valence-corrected chi connectivity index (χ4v) is 4.07. The van der Waals surface area contributed by atoms with Gasteiger partial charge in [-0.2, -0.15) is 5.06 Å². The first kappa shape index (κ1) is 20.2. The summed E-state index contributed by atoms with van der Waals surface area (Å²) in [6.07, 6.45) is 1.39. The summed E-state index contributed by atoms with van der Waals surface area (Å²) in [5, 5.41) is 25.7. The van der Waals surface area contributed by atoms with Gasteiger partial charge >= 0.3 is 13.1 Å². The Hall–Kier alpha value is -1.57. The number of anilines is 1. The Balaban J connectivity index is 1.49. The molecule has 2 unspecified atom stereocenters. The predicted molar refractivity (Wildman–Crippen MR) is 97.7 cm³/mol. The molecule has 2 saturated heterocycles. The smallest absolute Gasteiger partial charge is 0.472 e. The average molecular weight is 398 g/mol. The molecule has 2 fully saturated rings. The third-order valence-electron chi connectivity index (χ3n) is 4.92. The van der Waals surface area contributed by atoms with Gasteiger partial charge in [0.05, 0.1) is 12.8 Å². The molecule has 0 aliphatic carbocycles. The maximum Gasteiger partial charge on any atom is 0.472 e. The zero-order chi connectivity index (χ0) is 19.6. The molecule has 2 aliphatic rings. The van der Waals surface area contributed by atoms with E-state index in [1.807, 2.05) is 0 Å². The van der Waals surface area contributed by atoms with Crippen LogP contribution < -0.4 is 11.1 Å². The molecule has 0 saturated carbocycles. The highest BCUT2D eigenvalue weighted by Crippen LogP contribution is 2.36. The number of carboxylic acids is 1. The van der Waals surface area contributed by atoms with Crippen LogP contribution in [0.1, 0.15) is 37.4 Å². The summed E-state index contributed by atoms with van der Waals surface area (Å²) in [5.41, 5.74) is 6.21. The van der Waals surface area contributed by atoms with Gasteiger partial charge in [0.2, 0.25) is 0 Å². The van der Waals surface area contributed by atoms with E-state index >= 15 is 0 Å². The Morgan fingerprint density at radius 2 is 2.37 bits per heavy atom. The normalized spacial score (nSPS) is 29.0. The molecule has 0 radical (unpaired) electrons. The summed E-state index contributed by atoms with van der Waals surface area (Å²) in [6.45, 7) is 0.299. The second-order valence-corrected chi connectivity index (χ2v) is 7.54. The Morgan fingerprint density at radius 1 is 1.59 bits per heavy atom. The number of carboxylic acid groups (broad SMARTS) is 1. The van der Waals surface area contributed by atoms with Crippen LogP contribution in [-0.2, 0) is 19.1 Å². The van der Waals surface area contributed by atoms with Crippen molar-refractivity contribution in [2.24, 2.45) is 0 Å². The van der Waals surface area contributed by atoms with Crippen molar-refractivity contribution in [1.29, 1.82) is 0 Å². The van der Waals surface area contributed by atoms with Crippen LogP contribution in [0.4, 0.5) is 5.13 Å². The average Bonchev–Trinajstić information content (AvgIpc) is 3.04. The molecule has 1 aromatic heterocycles. The number of carbonyl (C=O) groups excluding carboxylic acids is 1. The molecule has 0 amide bonds. The van der Waals surface area contributed by atoms with E-state index < -0.39 is 25.2 Å². The van der Waals surface area contributed by atoms with Gasteiger partial charge in [-0.15, -0.1) is 11.3 Å². The number of nitrogen functional groups attached to an aromatic ring is 1. The first-order valence-electron chi connectivity index (χ1n) is 8.76. The van der Waals surface area contributed by atoms with Crippen LogP contribution in [0.2, 0.25) is 0 Å². The van der Waals surface area contributed by atoms with Crippen LogP contribution >= 0.6 is 11.3 Å². The Labute approximate surface area is 160 Å². The van der Waals surface area contributed by atoms with E-state index in [-0.39, 0.29) is 24.2 Å². The Kier molecular flexibility index (Phi) is 6.45. The van der Waals surface area contributed by atoms with Crippen molar-refractivity contribution < 1.29 is 29.2 Å². The molecular formula is C15H23BN4O6S. The topological polar surface area (TPSA) is 147 Å². The monoisotopic (exact) mass is 398 g/mol. The van der Waals surface area contributed by atoms with Crippen LogP contribution in [0.5, 0.6) is 0 Å². The first-order chi connectivity index (χ1) is 12.9. The highest BCUT2D eigenvalue weighted by Gasteiger charge is 2.50. The number of rotatable bonds is 8. The van der Waals surface area contributed by atoms with Crippen LogP contribution in [-0.4, -0.2) is 70.8 Å². The standard InChI is InChI=1S/C15H23BN4O6S/c1-25-20-10(14(23)13(20)9-7-27-15(17)19-9)6-18-11-4-2-8(26-16(11)24)3-5-12(21)22/h7-8,10-11,13,18,24H,2-6H2,1H3,(H2,17,19)(H,21,22)/t8-,10?,11-,13?/m0/s1. The Morgan fingerprint density at radius 3 is 2.96 bits per heavy atom. The summed E-state index contributed by atoms with van der Waals surface area (Å²) >= 11 is 1.27. The van der Waals surface area contributed by atoms with E-state index in [2.05, 4.69) is 10.3 Å². The molecule has 1 aromatic rings. The zero-order valence-electron chi connectivity index (χ0n) is 14.9. The number of aliphatic carboxylic acids is 1. The minimum atomic E-state index is -1.04. The van der Waals surface area contributed by atoms with Crippen molar-refractivity contribution in [2.75, 3.05) is 19.4 Å². The summed E-state index contributed by atoms with van der Waals surface area (Å²) < 4.78 is 5.48. The molecule has 0 aromatic carbocycles. The van der Waals surface area contributed by atoms with Gasteiger partial charge in [0.25, 0.3) is 0 Å². The number of nitrogens with one attached hydrogen (secondary N) is 1. The molecule has 4 atom stereocenters. The molecule has 3 rings (SSSR count). The number of carbonyl (C=O) groups is 2. The second kappa shape index (κ2) is 8.63. The van der Waals surface area contributed by atoms with Crippen molar-refractivity contribution in [2.45, 2.75) is 49.8 Å². The second-order valence-electron chi connectivity index (χ2n) is 6.65. The van der Waals surface area contributed by atoms with E-state index in [4.69, 9.17) is 20.3 Å². The van der Waals surface area contributed by atoms with Gasteiger partial charge in [-0.25, -0.2) is 4.98 Å². The SMILES string of the molecule is CON1C(CN[C@H]2CC[C@@H](CCC(=O)O)OB2O)C(=O)C1c1csc(N)n1. The van der Waals surface area contributed by atoms with Crippen molar-refractivity contribution in [3.63, 3.8) is 0 Å². The van der Waals surface area contributed by atoms with Crippen LogP contribution in [0.15, 0.2) is 5.38 Å². The van der Waals surface area contributed by atoms with E-state index in [0.717, 1.165) is 0 Å². The van der Waals surface area contributed by atoms with E-state index in [9.17, 15) is 14.6 Å². The maximum atomic E-state index is 12.5. The lowest BCUT2D eigenvalue weighted by Gasteiger charge is -2.44. The summed E-state index contributed by atoms with van der Waals surface area (Å²) in [4.78, 5) is 32.6. The summed E-state index contributed by atoms with van der Waals surface area (Å²) in [5.74, 6) is -1.24. The van der Waals surface area contributed by atoms with Gasteiger partial charge in [-0.05, 0) is 19.3 Å². The number of hydrogen-bond donors (Lipinski definition) is 4. The third kappa shape index (κ3) is 4.47. The number of hydrogen-bond acceptors (Lipinski definition) is 10. The molecule has 27 heavy (non-hydrogen) atoms. The quantitative estimate of drug-likeness (QED) is 0.427. The first-order valence-corrected chi connectivity index (χ1v) is 9.64. The van der Waals surface area contributed by atoms with Crippen molar-refractivity contribution in [1.82, 2.24) is 15.4 Å². The summed E-state index contributed by atoms with van der Waals surface area (Å²) in [6, 6.07) is -1.05. The Bertz CT molecular complexity index is 691. The molecule has 0 bridgehead atoms. The molecule has 12 heteroatoms. The van der Waals surface area contributed by atoms with Gasteiger partial charge in [-0.3, -0.25) is 9.59 Å². The van der Waals surface area contributed by atoms with Gasteiger partial charge in [-0.1, -0.05) is 0 Å². The predicted octanol–water partition coefficient (Wildman–Crippen LogP) is -0.397.